The molecular weight excluding hydrogens is 326 g/mol. The van der Waals surface area contributed by atoms with Gasteiger partial charge in [0.15, 0.2) is 12.4 Å². The van der Waals surface area contributed by atoms with Gasteiger partial charge in [0.2, 0.25) is 0 Å². The summed E-state index contributed by atoms with van der Waals surface area (Å²) in [4.78, 5) is 14.3. The Morgan fingerprint density at radius 3 is 2.92 bits per heavy atom. The molecule has 1 atom stereocenters. The second kappa shape index (κ2) is 7.59. The summed E-state index contributed by atoms with van der Waals surface area (Å²) < 4.78 is 27.3. The van der Waals surface area contributed by atoms with E-state index < -0.39 is 11.6 Å². The van der Waals surface area contributed by atoms with Gasteiger partial charge in [-0.2, -0.15) is 4.73 Å². The third-order valence-electron chi connectivity index (χ3n) is 4.67. The molecule has 0 bridgehead atoms. The number of nitrogens with zero attached hydrogens (tertiary/aromatic N) is 2. The second-order valence-corrected chi connectivity index (χ2v) is 6.49. The molecule has 132 valence electrons. The van der Waals surface area contributed by atoms with Crippen LogP contribution in [0.4, 0.5) is 8.78 Å². The fraction of sp³-hybridized carbons (Fsp3) is 0.368. The molecule has 0 saturated carbocycles. The lowest BCUT2D eigenvalue weighted by Crippen LogP contribution is -2.41. The predicted molar refractivity (Wildman–Crippen MR) is 88.7 cm³/mol. The maximum Gasteiger partial charge on any atom is 0.259 e. The molecule has 1 aromatic heterocycles. The monoisotopic (exact) mass is 346 g/mol. The van der Waals surface area contributed by atoms with E-state index in [0.29, 0.717) is 35.4 Å². The van der Waals surface area contributed by atoms with E-state index in [9.17, 15) is 18.8 Å². The third kappa shape index (κ3) is 4.32. The normalized spacial score (nSPS) is 17.5. The van der Waals surface area contributed by atoms with Gasteiger partial charge in [-0.25, -0.2) is 8.78 Å². The molecule has 0 unspecified atom stereocenters. The van der Waals surface area contributed by atoms with Crippen molar-refractivity contribution in [2.45, 2.75) is 25.7 Å². The van der Waals surface area contributed by atoms with Gasteiger partial charge in [-0.3, -0.25) is 4.79 Å². The van der Waals surface area contributed by atoms with Crippen LogP contribution in [0.25, 0.3) is 0 Å². The number of piperidine rings is 1. The molecule has 0 spiro atoms. The minimum Gasteiger partial charge on any atom is -0.619 e. The summed E-state index contributed by atoms with van der Waals surface area (Å²) in [6.45, 7) is 1.25. The summed E-state index contributed by atoms with van der Waals surface area (Å²) in [6.07, 6.45) is 5.73. The first kappa shape index (κ1) is 17.3. The lowest BCUT2D eigenvalue weighted by molar-refractivity contribution is -0.605. The van der Waals surface area contributed by atoms with Gasteiger partial charge in [0, 0.05) is 25.2 Å². The molecule has 1 saturated heterocycles. The van der Waals surface area contributed by atoms with Gasteiger partial charge >= 0.3 is 0 Å². The maximum atomic E-state index is 13.7. The van der Waals surface area contributed by atoms with Crippen molar-refractivity contribution in [1.82, 2.24) is 4.90 Å². The van der Waals surface area contributed by atoms with E-state index >= 15 is 0 Å². The van der Waals surface area contributed by atoms with Gasteiger partial charge in [0.25, 0.3) is 5.91 Å². The smallest absolute Gasteiger partial charge is 0.259 e. The van der Waals surface area contributed by atoms with Crippen LogP contribution in [-0.4, -0.2) is 23.9 Å². The van der Waals surface area contributed by atoms with Crippen molar-refractivity contribution >= 4 is 5.91 Å². The van der Waals surface area contributed by atoms with Crippen LogP contribution in [0, 0.1) is 22.8 Å². The largest absolute Gasteiger partial charge is 0.619 e. The maximum absolute atomic E-state index is 13.7. The SMILES string of the molecule is O=C(c1ccc[n+]([O-])c1)N1CCC[C@H](CCc2ccc(F)cc2F)C1. The van der Waals surface area contributed by atoms with Crippen LogP contribution in [-0.2, 0) is 6.42 Å². The standard InChI is InChI=1S/C19H20F2N2O2/c20-17-8-7-15(18(21)11-17)6-5-14-3-1-9-22(12-14)19(24)16-4-2-10-23(25)13-16/h2,4,7-8,10-11,13-14H,1,3,5-6,9,12H2/t14-/m1/s1. The molecular formula is C19H20F2N2O2. The van der Waals surface area contributed by atoms with E-state index in [1.165, 1.54) is 24.5 Å². The number of aryl methyl sites for hydroxylation is 1. The quantitative estimate of drug-likeness (QED) is 0.631. The van der Waals surface area contributed by atoms with Crippen molar-refractivity contribution in [3.8, 4) is 0 Å². The van der Waals surface area contributed by atoms with Gasteiger partial charge in [-0.05, 0) is 49.3 Å². The summed E-state index contributed by atoms with van der Waals surface area (Å²) in [5.74, 6) is -0.977. The highest BCUT2D eigenvalue weighted by molar-refractivity contribution is 5.93. The van der Waals surface area contributed by atoms with E-state index in [4.69, 9.17) is 0 Å². The Morgan fingerprint density at radius 2 is 2.16 bits per heavy atom. The molecule has 1 aliphatic rings. The number of benzene rings is 1. The molecule has 6 heteroatoms. The van der Waals surface area contributed by atoms with Gasteiger partial charge in [-0.15, -0.1) is 0 Å². The number of likely N-dealkylation sites (tertiary alicyclic amines) is 1. The molecule has 4 nitrogen and oxygen atoms in total. The van der Waals surface area contributed by atoms with Gasteiger partial charge < -0.3 is 10.1 Å². The van der Waals surface area contributed by atoms with Crippen molar-refractivity contribution in [2.24, 2.45) is 5.92 Å². The van der Waals surface area contributed by atoms with Gasteiger partial charge in [0.1, 0.15) is 17.2 Å². The van der Waals surface area contributed by atoms with Crippen LogP contribution in [0.3, 0.4) is 0 Å². The van der Waals surface area contributed by atoms with Gasteiger partial charge in [0.05, 0.1) is 0 Å². The molecule has 1 aliphatic heterocycles. The number of amides is 1. The first-order valence-corrected chi connectivity index (χ1v) is 8.45. The summed E-state index contributed by atoms with van der Waals surface area (Å²) in [5.41, 5.74) is 0.878. The molecule has 0 N–H and O–H groups in total. The van der Waals surface area contributed by atoms with Crippen molar-refractivity contribution < 1.29 is 18.3 Å². The van der Waals surface area contributed by atoms with E-state index in [1.807, 2.05) is 0 Å². The summed E-state index contributed by atoms with van der Waals surface area (Å²) >= 11 is 0. The number of carbonyl (C=O) groups excluding carboxylic acids is 1. The lowest BCUT2D eigenvalue weighted by Gasteiger charge is -2.32. The van der Waals surface area contributed by atoms with E-state index in [-0.39, 0.29) is 11.8 Å². The molecule has 25 heavy (non-hydrogen) atoms. The van der Waals surface area contributed by atoms with Crippen molar-refractivity contribution in [1.29, 1.82) is 0 Å². The fourth-order valence-corrected chi connectivity index (χ4v) is 3.33. The number of aromatic nitrogens is 1. The Morgan fingerprint density at radius 1 is 1.32 bits per heavy atom. The number of carbonyl (C=O) groups is 1. The highest BCUT2D eigenvalue weighted by atomic mass is 19.1. The molecule has 0 aliphatic carbocycles. The Hall–Kier alpha value is -2.50. The first-order chi connectivity index (χ1) is 12.0. The number of pyridine rings is 1. The molecule has 1 amide bonds. The highest BCUT2D eigenvalue weighted by Crippen LogP contribution is 2.23. The van der Waals surface area contributed by atoms with Crippen LogP contribution in [0.15, 0.2) is 42.7 Å². The second-order valence-electron chi connectivity index (χ2n) is 6.49. The Bertz CT molecular complexity index is 767. The zero-order valence-corrected chi connectivity index (χ0v) is 13.8. The topological polar surface area (TPSA) is 47.2 Å². The predicted octanol–water partition coefficient (Wildman–Crippen LogP) is 3.08. The summed E-state index contributed by atoms with van der Waals surface area (Å²) in [6, 6.07) is 6.84. The summed E-state index contributed by atoms with van der Waals surface area (Å²) in [5, 5.41) is 11.3. The minimum absolute atomic E-state index is 0.150. The number of hydrogen-bond donors (Lipinski definition) is 0. The third-order valence-corrected chi connectivity index (χ3v) is 4.67. The Balaban J connectivity index is 1.60. The number of rotatable bonds is 4. The lowest BCUT2D eigenvalue weighted by atomic mass is 9.91. The molecule has 2 heterocycles. The van der Waals surface area contributed by atoms with Crippen molar-refractivity contribution in [3.05, 3.63) is 70.7 Å². The minimum atomic E-state index is -0.575. The highest BCUT2D eigenvalue weighted by Gasteiger charge is 2.25. The molecule has 2 aromatic rings. The number of hydrogen-bond acceptors (Lipinski definition) is 2. The molecule has 0 radical (unpaired) electrons. The number of halogens is 2. The Labute approximate surface area is 145 Å². The molecule has 1 fully saturated rings. The van der Waals surface area contributed by atoms with Crippen molar-refractivity contribution in [2.75, 3.05) is 13.1 Å². The van der Waals surface area contributed by atoms with Crippen LogP contribution in [0.5, 0.6) is 0 Å². The van der Waals surface area contributed by atoms with E-state index in [1.54, 1.807) is 17.0 Å². The van der Waals surface area contributed by atoms with Crippen LogP contribution < -0.4 is 4.73 Å². The van der Waals surface area contributed by atoms with Crippen LogP contribution in [0.1, 0.15) is 35.2 Å². The van der Waals surface area contributed by atoms with E-state index in [0.717, 1.165) is 25.3 Å². The summed E-state index contributed by atoms with van der Waals surface area (Å²) in [7, 11) is 0. The molecule has 3 rings (SSSR count). The van der Waals surface area contributed by atoms with Gasteiger partial charge in [-0.1, -0.05) is 6.07 Å². The van der Waals surface area contributed by atoms with Crippen LogP contribution in [0.2, 0.25) is 0 Å². The van der Waals surface area contributed by atoms with E-state index in [2.05, 4.69) is 0 Å². The average molecular weight is 346 g/mol. The fourth-order valence-electron chi connectivity index (χ4n) is 3.33. The average Bonchev–Trinajstić information content (AvgIpc) is 2.60. The van der Waals surface area contributed by atoms with Crippen molar-refractivity contribution in [3.63, 3.8) is 0 Å². The van der Waals surface area contributed by atoms with Crippen LogP contribution >= 0.6 is 0 Å². The molecule has 1 aromatic carbocycles. The first-order valence-electron chi connectivity index (χ1n) is 8.45. The zero-order valence-electron chi connectivity index (χ0n) is 13.8. The zero-order chi connectivity index (χ0) is 17.8. The Kier molecular flexibility index (Phi) is 5.26.